The summed E-state index contributed by atoms with van der Waals surface area (Å²) in [6.07, 6.45) is 14.0. The van der Waals surface area contributed by atoms with E-state index in [-0.39, 0.29) is 39.2 Å². The number of hydrogen-bond acceptors (Lipinski definition) is 11. The topological polar surface area (TPSA) is 131 Å². The maximum atomic E-state index is 13.0. The van der Waals surface area contributed by atoms with E-state index in [1.165, 1.54) is 21.3 Å². The second kappa shape index (κ2) is 23.0. The van der Waals surface area contributed by atoms with Crippen LogP contribution in [0.5, 0.6) is 17.6 Å². The number of nitrogens with zero attached hydrogens (tertiary/aromatic N) is 8. The van der Waals surface area contributed by atoms with Gasteiger partial charge in [-0.05, 0) is 35.0 Å². The Balaban J connectivity index is 0.000000630. The van der Waals surface area contributed by atoms with Gasteiger partial charge < -0.3 is 14.2 Å². The first-order valence-corrected chi connectivity index (χ1v) is 22.0. The summed E-state index contributed by atoms with van der Waals surface area (Å²) in [6.45, 7) is 12.8. The van der Waals surface area contributed by atoms with Gasteiger partial charge in [-0.2, -0.15) is 28.1 Å². The van der Waals surface area contributed by atoms with Crippen LogP contribution in [0.25, 0.3) is 0 Å². The van der Waals surface area contributed by atoms with E-state index in [1.807, 2.05) is 0 Å². The molecule has 0 saturated heterocycles. The highest BCUT2D eigenvalue weighted by Crippen LogP contribution is 2.14. The van der Waals surface area contributed by atoms with Crippen molar-refractivity contribution >= 4 is 51.0 Å². The largest absolute Gasteiger partial charge is 0.479 e. The SMILES string of the molecule is C#C[Si](C)(C)C.C#Cc1ncc(F)c(OC)n1.COc1nc(C#C[Si](C)(C)C)ncc1F.COc1nc(Cl)ncc1F.Fc1cnc(Cl)nc1Cl. The summed E-state index contributed by atoms with van der Waals surface area (Å²) in [5.41, 5.74) is 5.84. The minimum Gasteiger partial charge on any atom is -0.479 e. The third-order valence-electron chi connectivity index (χ3n) is 4.47. The van der Waals surface area contributed by atoms with Crippen LogP contribution in [0.2, 0.25) is 55.0 Å². The monoisotopic (exact) mass is 802 g/mol. The van der Waals surface area contributed by atoms with Crippen LogP contribution >= 0.6 is 34.8 Å². The fraction of sp³-hybridized carbons (Fsp3) is 0.290. The molecule has 0 radical (unpaired) electrons. The lowest BCUT2D eigenvalue weighted by atomic mass is 10.5. The van der Waals surface area contributed by atoms with Crippen molar-refractivity contribution in [2.75, 3.05) is 21.3 Å². The number of hydrogen-bond donors (Lipinski definition) is 0. The van der Waals surface area contributed by atoms with Crippen molar-refractivity contribution < 1.29 is 31.8 Å². The van der Waals surface area contributed by atoms with Gasteiger partial charge in [0.25, 0.3) is 17.6 Å². The molecule has 0 fully saturated rings. The molecule has 0 bridgehead atoms. The number of methoxy groups -OCH3 is 3. The fourth-order valence-electron chi connectivity index (χ4n) is 2.16. The van der Waals surface area contributed by atoms with Gasteiger partial charge in [-0.3, -0.25) is 0 Å². The van der Waals surface area contributed by atoms with Crippen LogP contribution < -0.4 is 14.2 Å². The lowest BCUT2D eigenvalue weighted by Gasteiger charge is -2.03. The van der Waals surface area contributed by atoms with Crippen molar-refractivity contribution in [1.29, 1.82) is 0 Å². The second-order valence-electron chi connectivity index (χ2n) is 10.9. The van der Waals surface area contributed by atoms with Crippen molar-refractivity contribution in [3.63, 3.8) is 0 Å². The first-order chi connectivity index (χ1) is 23.7. The van der Waals surface area contributed by atoms with E-state index < -0.39 is 39.4 Å². The molecule has 0 spiro atoms. The first kappa shape index (κ1) is 46.4. The molecule has 0 saturated carbocycles. The van der Waals surface area contributed by atoms with Gasteiger partial charge in [0.15, 0.2) is 11.0 Å². The minimum absolute atomic E-state index is 0.0294. The zero-order valence-electron chi connectivity index (χ0n) is 28.9. The number of rotatable bonds is 3. The van der Waals surface area contributed by atoms with Crippen LogP contribution in [-0.4, -0.2) is 77.3 Å². The quantitative estimate of drug-likeness (QED) is 0.0688. The molecule has 0 aliphatic carbocycles. The Bertz CT molecular complexity index is 1880. The Morgan fingerprint density at radius 2 is 0.941 bits per heavy atom. The highest BCUT2D eigenvalue weighted by molar-refractivity contribution is 6.84. The van der Waals surface area contributed by atoms with Gasteiger partial charge in [-0.25, -0.2) is 29.3 Å². The number of halogens is 7. The van der Waals surface area contributed by atoms with Gasteiger partial charge in [0.2, 0.25) is 39.7 Å². The molecule has 0 unspecified atom stereocenters. The highest BCUT2D eigenvalue weighted by atomic mass is 35.5. The van der Waals surface area contributed by atoms with Gasteiger partial charge in [-0.15, -0.1) is 23.9 Å². The number of aromatic nitrogens is 8. The van der Waals surface area contributed by atoms with Gasteiger partial charge in [-0.1, -0.05) is 50.9 Å². The molecule has 4 aromatic heterocycles. The Hall–Kier alpha value is -4.58. The van der Waals surface area contributed by atoms with Crippen molar-refractivity contribution in [3.05, 3.63) is 75.4 Å². The molecule has 4 heterocycles. The molecule has 51 heavy (non-hydrogen) atoms. The highest BCUT2D eigenvalue weighted by Gasteiger charge is 2.10. The predicted octanol–water partition coefficient (Wildman–Crippen LogP) is 7.16. The molecule has 20 heteroatoms. The molecular weight excluding hydrogens is 771 g/mol. The molecule has 4 aromatic rings. The lowest BCUT2D eigenvalue weighted by molar-refractivity contribution is 0.366. The average Bonchev–Trinajstić information content (AvgIpc) is 3.08. The van der Waals surface area contributed by atoms with E-state index in [1.54, 1.807) is 0 Å². The summed E-state index contributed by atoms with van der Waals surface area (Å²) in [7, 11) is 1.42. The Kier molecular flexibility index (Phi) is 20.9. The maximum absolute atomic E-state index is 13.0. The molecule has 0 N–H and O–H groups in total. The van der Waals surface area contributed by atoms with Crippen molar-refractivity contribution in [1.82, 2.24) is 39.9 Å². The van der Waals surface area contributed by atoms with Crippen LogP contribution in [0.1, 0.15) is 11.6 Å². The standard InChI is InChI=1S/C10H13FN2OSi.C7H5FN2O.C5H4ClFN2O.C5H10Si.C4HCl2FN2/c1-14-10-8(11)7-12-9(13-10)5-6-15(2,3)4;1-3-6-9-4-5(8)7(10-6)11-2;1-10-4-3(7)2-8-5(6)9-4;1-5-6(2,3)4;5-3-2(7)1-8-4(6)9-3/h7H,1-4H3;1,4H,2H3;2H,1H3;1H,2-4H3;1H. The summed E-state index contributed by atoms with van der Waals surface area (Å²) in [5, 5.41) is -0.338. The smallest absolute Gasteiger partial charge is 0.254 e. The molecule has 0 aromatic carbocycles. The second-order valence-corrected chi connectivity index (χ2v) is 21.5. The van der Waals surface area contributed by atoms with Crippen LogP contribution in [0, 0.1) is 59.0 Å². The van der Waals surface area contributed by atoms with Crippen LogP contribution in [0.15, 0.2) is 24.8 Å². The van der Waals surface area contributed by atoms with Crippen molar-refractivity contribution in [2.45, 2.75) is 39.3 Å². The van der Waals surface area contributed by atoms with E-state index >= 15 is 0 Å². The fourth-order valence-corrected chi connectivity index (χ4v) is 3.08. The summed E-state index contributed by atoms with van der Waals surface area (Å²) in [6, 6.07) is 0. The summed E-state index contributed by atoms with van der Waals surface area (Å²) < 4.78 is 64.0. The van der Waals surface area contributed by atoms with E-state index in [0.717, 1.165) is 24.8 Å². The number of terminal acetylenes is 2. The molecule has 11 nitrogen and oxygen atoms in total. The predicted molar refractivity (Wildman–Crippen MR) is 193 cm³/mol. The van der Waals surface area contributed by atoms with Gasteiger partial charge in [0, 0.05) is 0 Å². The third-order valence-corrected chi connectivity index (χ3v) is 6.84. The van der Waals surface area contributed by atoms with E-state index in [9.17, 15) is 17.6 Å². The normalized spacial score (nSPS) is 9.76. The molecule has 0 aliphatic heterocycles. The lowest BCUT2D eigenvalue weighted by Crippen LogP contribution is -2.16. The Morgan fingerprint density at radius 3 is 1.29 bits per heavy atom. The van der Waals surface area contributed by atoms with E-state index in [2.05, 4.69) is 112 Å². The van der Waals surface area contributed by atoms with E-state index in [4.69, 9.17) is 52.4 Å². The molecule has 272 valence electrons. The molecular formula is C31H33Cl3F4N8O3Si2. The maximum Gasteiger partial charge on any atom is 0.254 e. The molecule has 0 atom stereocenters. The summed E-state index contributed by atoms with van der Waals surface area (Å²) in [4.78, 5) is 28.2. The molecule has 4 rings (SSSR count). The van der Waals surface area contributed by atoms with Gasteiger partial charge >= 0.3 is 0 Å². The van der Waals surface area contributed by atoms with Crippen LogP contribution in [0.4, 0.5) is 17.6 Å². The van der Waals surface area contributed by atoms with E-state index in [0.29, 0.717) is 5.82 Å². The Morgan fingerprint density at radius 1 is 0.569 bits per heavy atom. The van der Waals surface area contributed by atoms with Crippen LogP contribution in [0.3, 0.4) is 0 Å². The zero-order chi connectivity index (χ0) is 39.4. The third kappa shape index (κ3) is 20.6. The van der Waals surface area contributed by atoms with Gasteiger partial charge in [0.1, 0.15) is 16.1 Å². The van der Waals surface area contributed by atoms with Gasteiger partial charge in [0.05, 0.1) is 46.1 Å². The van der Waals surface area contributed by atoms with Crippen LogP contribution in [-0.2, 0) is 0 Å². The molecule has 0 aliphatic rings. The Labute approximate surface area is 311 Å². The molecule has 0 amide bonds. The van der Waals surface area contributed by atoms with Crippen molar-refractivity contribution in [3.8, 4) is 53.4 Å². The summed E-state index contributed by atoms with van der Waals surface area (Å²) in [5.74, 6) is 2.59. The summed E-state index contributed by atoms with van der Waals surface area (Å²) >= 11 is 15.8. The average molecular weight is 804 g/mol. The minimum atomic E-state index is -1.46. The first-order valence-electron chi connectivity index (χ1n) is 13.9. The number of ether oxygens (including phenoxy) is 3. The van der Waals surface area contributed by atoms with Crippen molar-refractivity contribution in [2.24, 2.45) is 0 Å². The zero-order valence-corrected chi connectivity index (χ0v) is 33.2.